The minimum atomic E-state index is -0.278. The maximum absolute atomic E-state index is 11.9. The van der Waals surface area contributed by atoms with Crippen LogP contribution in [0.4, 0.5) is 0 Å². The van der Waals surface area contributed by atoms with Crippen molar-refractivity contribution < 1.29 is 14.4 Å². The third kappa shape index (κ3) is 4.05. The predicted octanol–water partition coefficient (Wildman–Crippen LogP) is 1.10. The molecule has 6 nitrogen and oxygen atoms in total. The standard InChI is InChI=1S/C15H19N3O3/c1-18(2)14(19)8-9-16-15(20)12-10-13(21-17-12)11-6-4-3-5-7-11/h3-7,13H,8-10H2,1-2H3,(H,16,20). The number of amides is 2. The number of nitrogens with zero attached hydrogens (tertiary/aromatic N) is 2. The van der Waals surface area contributed by atoms with Gasteiger partial charge in [-0.3, -0.25) is 9.59 Å². The van der Waals surface area contributed by atoms with Crippen LogP contribution in [0.15, 0.2) is 35.5 Å². The van der Waals surface area contributed by atoms with Crippen molar-refractivity contribution in [3.8, 4) is 0 Å². The summed E-state index contributed by atoms with van der Waals surface area (Å²) < 4.78 is 0. The van der Waals surface area contributed by atoms with Gasteiger partial charge in [0.15, 0.2) is 6.10 Å². The van der Waals surface area contributed by atoms with Crippen LogP contribution in [0.2, 0.25) is 0 Å². The third-order valence-electron chi connectivity index (χ3n) is 3.23. The van der Waals surface area contributed by atoms with Crippen LogP contribution in [0.3, 0.4) is 0 Å². The molecule has 1 aromatic carbocycles. The lowest BCUT2D eigenvalue weighted by Crippen LogP contribution is -2.34. The van der Waals surface area contributed by atoms with Gasteiger partial charge < -0.3 is 15.1 Å². The maximum Gasteiger partial charge on any atom is 0.269 e. The van der Waals surface area contributed by atoms with Gasteiger partial charge in [-0.15, -0.1) is 0 Å². The lowest BCUT2D eigenvalue weighted by atomic mass is 10.0. The molecule has 1 N–H and O–H groups in total. The van der Waals surface area contributed by atoms with Crippen molar-refractivity contribution in [3.63, 3.8) is 0 Å². The third-order valence-corrected chi connectivity index (χ3v) is 3.23. The van der Waals surface area contributed by atoms with E-state index < -0.39 is 0 Å². The van der Waals surface area contributed by atoms with Crippen LogP contribution in [0.25, 0.3) is 0 Å². The molecular formula is C15H19N3O3. The van der Waals surface area contributed by atoms with E-state index >= 15 is 0 Å². The fourth-order valence-corrected chi connectivity index (χ4v) is 1.97. The first-order valence-electron chi connectivity index (χ1n) is 6.84. The number of carbonyl (C=O) groups is 2. The number of oxime groups is 1. The summed E-state index contributed by atoms with van der Waals surface area (Å²) >= 11 is 0. The first kappa shape index (κ1) is 15.0. The molecule has 1 heterocycles. The highest BCUT2D eigenvalue weighted by molar-refractivity contribution is 6.39. The van der Waals surface area contributed by atoms with Crippen molar-refractivity contribution in [2.45, 2.75) is 18.9 Å². The number of nitrogens with one attached hydrogen (secondary N) is 1. The van der Waals surface area contributed by atoms with Crippen molar-refractivity contribution in [2.75, 3.05) is 20.6 Å². The fraction of sp³-hybridized carbons (Fsp3) is 0.400. The molecule has 0 saturated carbocycles. The Hall–Kier alpha value is -2.37. The van der Waals surface area contributed by atoms with E-state index in [1.54, 1.807) is 14.1 Å². The van der Waals surface area contributed by atoms with Crippen LogP contribution >= 0.6 is 0 Å². The van der Waals surface area contributed by atoms with Crippen LogP contribution < -0.4 is 5.32 Å². The summed E-state index contributed by atoms with van der Waals surface area (Å²) in [5.74, 6) is -0.304. The highest BCUT2D eigenvalue weighted by atomic mass is 16.6. The molecule has 0 spiro atoms. The zero-order chi connectivity index (χ0) is 15.2. The van der Waals surface area contributed by atoms with Crippen LogP contribution in [-0.4, -0.2) is 43.1 Å². The average Bonchev–Trinajstić information content (AvgIpc) is 2.97. The van der Waals surface area contributed by atoms with Gasteiger partial charge in [0.05, 0.1) is 0 Å². The van der Waals surface area contributed by atoms with Gasteiger partial charge >= 0.3 is 0 Å². The van der Waals surface area contributed by atoms with Crippen molar-refractivity contribution in [3.05, 3.63) is 35.9 Å². The van der Waals surface area contributed by atoms with E-state index in [0.29, 0.717) is 18.7 Å². The highest BCUT2D eigenvalue weighted by Crippen LogP contribution is 2.26. The molecule has 21 heavy (non-hydrogen) atoms. The van der Waals surface area contributed by atoms with Gasteiger partial charge in [0.2, 0.25) is 5.91 Å². The molecule has 1 unspecified atom stereocenters. The van der Waals surface area contributed by atoms with Gasteiger partial charge in [0.25, 0.3) is 5.91 Å². The smallest absolute Gasteiger partial charge is 0.269 e. The molecule has 112 valence electrons. The minimum Gasteiger partial charge on any atom is -0.387 e. The second kappa shape index (κ2) is 6.88. The van der Waals surface area contributed by atoms with E-state index in [4.69, 9.17) is 4.84 Å². The summed E-state index contributed by atoms with van der Waals surface area (Å²) in [4.78, 5) is 30.1. The molecule has 6 heteroatoms. The molecule has 0 bridgehead atoms. The first-order chi connectivity index (χ1) is 10.1. The molecule has 0 fully saturated rings. The molecule has 0 radical (unpaired) electrons. The van der Waals surface area contributed by atoms with Crippen molar-refractivity contribution in [2.24, 2.45) is 5.16 Å². The second-order valence-electron chi connectivity index (χ2n) is 5.04. The van der Waals surface area contributed by atoms with E-state index in [0.717, 1.165) is 5.56 Å². The zero-order valence-electron chi connectivity index (χ0n) is 12.2. The summed E-state index contributed by atoms with van der Waals surface area (Å²) in [6.45, 7) is 0.296. The molecule has 2 rings (SSSR count). The molecule has 0 aliphatic carbocycles. The van der Waals surface area contributed by atoms with Crippen molar-refractivity contribution in [1.29, 1.82) is 0 Å². The normalized spacial score (nSPS) is 16.9. The predicted molar refractivity (Wildman–Crippen MR) is 78.6 cm³/mol. The van der Waals surface area contributed by atoms with E-state index in [-0.39, 0.29) is 24.3 Å². The molecule has 2 amide bonds. The summed E-state index contributed by atoms with van der Waals surface area (Å²) in [5.41, 5.74) is 1.35. The molecule has 1 atom stereocenters. The minimum absolute atomic E-state index is 0.0259. The monoisotopic (exact) mass is 289 g/mol. The quantitative estimate of drug-likeness (QED) is 0.882. The topological polar surface area (TPSA) is 71.0 Å². The Labute approximate surface area is 123 Å². The number of carbonyl (C=O) groups excluding carboxylic acids is 2. The molecule has 1 aliphatic rings. The zero-order valence-corrected chi connectivity index (χ0v) is 12.2. The van der Waals surface area contributed by atoms with E-state index in [1.807, 2.05) is 30.3 Å². The van der Waals surface area contributed by atoms with E-state index in [1.165, 1.54) is 4.90 Å². The Morgan fingerprint density at radius 3 is 2.71 bits per heavy atom. The van der Waals surface area contributed by atoms with Crippen LogP contribution in [0.5, 0.6) is 0 Å². The Morgan fingerprint density at radius 2 is 2.05 bits per heavy atom. The van der Waals surface area contributed by atoms with Gasteiger partial charge in [-0.05, 0) is 5.56 Å². The van der Waals surface area contributed by atoms with Crippen molar-refractivity contribution >= 4 is 17.5 Å². The summed E-state index contributed by atoms with van der Waals surface area (Å²) in [6.07, 6.45) is 0.502. The highest BCUT2D eigenvalue weighted by Gasteiger charge is 2.27. The Morgan fingerprint density at radius 1 is 1.33 bits per heavy atom. The lowest BCUT2D eigenvalue weighted by molar-refractivity contribution is -0.128. The molecule has 1 aliphatic heterocycles. The van der Waals surface area contributed by atoms with Gasteiger partial charge in [-0.1, -0.05) is 35.5 Å². The van der Waals surface area contributed by atoms with Crippen molar-refractivity contribution in [1.82, 2.24) is 10.2 Å². The molecule has 1 aromatic rings. The Balaban J connectivity index is 1.79. The summed E-state index contributed by atoms with van der Waals surface area (Å²) in [7, 11) is 3.37. The Kier molecular flexibility index (Phi) is 4.92. The number of benzene rings is 1. The van der Waals surface area contributed by atoms with E-state index in [9.17, 15) is 9.59 Å². The van der Waals surface area contributed by atoms with Gasteiger partial charge in [-0.25, -0.2) is 0 Å². The fourth-order valence-electron chi connectivity index (χ4n) is 1.97. The van der Waals surface area contributed by atoms with Crippen LogP contribution in [-0.2, 0) is 14.4 Å². The average molecular weight is 289 g/mol. The number of hydrogen-bond acceptors (Lipinski definition) is 4. The van der Waals surface area contributed by atoms with Crippen LogP contribution in [0.1, 0.15) is 24.5 Å². The summed E-state index contributed by atoms with van der Waals surface area (Å²) in [5, 5.41) is 6.52. The van der Waals surface area contributed by atoms with Crippen LogP contribution in [0, 0.1) is 0 Å². The van der Waals surface area contributed by atoms with Gasteiger partial charge in [0.1, 0.15) is 5.71 Å². The second-order valence-corrected chi connectivity index (χ2v) is 5.04. The van der Waals surface area contributed by atoms with Gasteiger partial charge in [0, 0.05) is 33.5 Å². The number of hydrogen-bond donors (Lipinski definition) is 1. The Bertz CT molecular complexity index is 540. The SMILES string of the molecule is CN(C)C(=O)CCNC(=O)C1=NOC(c2ccccc2)C1. The van der Waals surface area contributed by atoms with Gasteiger partial charge in [-0.2, -0.15) is 0 Å². The lowest BCUT2D eigenvalue weighted by Gasteiger charge is -2.10. The largest absolute Gasteiger partial charge is 0.387 e. The molecule has 0 aromatic heterocycles. The summed E-state index contributed by atoms with van der Waals surface area (Å²) in [6, 6.07) is 9.65. The number of rotatable bonds is 5. The maximum atomic E-state index is 11.9. The molecule has 0 saturated heterocycles. The first-order valence-corrected chi connectivity index (χ1v) is 6.84. The molecular weight excluding hydrogens is 270 g/mol. The van der Waals surface area contributed by atoms with E-state index in [2.05, 4.69) is 10.5 Å².